The molecule has 4 heteroatoms. The van der Waals surface area contributed by atoms with E-state index in [0.717, 1.165) is 0 Å². The van der Waals surface area contributed by atoms with Crippen LogP contribution in [0.1, 0.15) is 34.6 Å². The van der Waals surface area contributed by atoms with Crippen molar-refractivity contribution in [2.75, 3.05) is 6.61 Å². The molecule has 0 unspecified atom stereocenters. The van der Waals surface area contributed by atoms with Gasteiger partial charge in [-0.05, 0) is 46.8 Å². The number of ether oxygens (including phenoxy) is 3. The molecule has 0 saturated heterocycles. The molecular weight excluding hydrogens is 244 g/mol. The van der Waals surface area contributed by atoms with Gasteiger partial charge in [0.25, 0.3) is 0 Å². The lowest BCUT2D eigenvalue weighted by Gasteiger charge is -2.24. The summed E-state index contributed by atoms with van der Waals surface area (Å²) in [6.45, 7) is 9.38. The second kappa shape index (κ2) is 6.45. The number of esters is 1. The van der Waals surface area contributed by atoms with E-state index in [1.54, 1.807) is 32.9 Å². The summed E-state index contributed by atoms with van der Waals surface area (Å²) in [5, 5.41) is 0. The molecule has 0 N–H and O–H groups in total. The summed E-state index contributed by atoms with van der Waals surface area (Å²) in [6, 6.07) is 7.23. The molecule has 0 fully saturated rings. The van der Waals surface area contributed by atoms with E-state index in [4.69, 9.17) is 14.2 Å². The molecule has 0 saturated carbocycles. The Labute approximate surface area is 114 Å². The Morgan fingerprint density at radius 1 is 1.26 bits per heavy atom. The maximum atomic E-state index is 11.8. The van der Waals surface area contributed by atoms with Gasteiger partial charge < -0.3 is 14.2 Å². The van der Waals surface area contributed by atoms with E-state index in [0.29, 0.717) is 18.1 Å². The molecule has 0 aliphatic heterocycles. The normalized spacial score (nSPS) is 11.3. The third kappa shape index (κ3) is 4.81. The van der Waals surface area contributed by atoms with Crippen LogP contribution in [0, 0.1) is 0 Å². The minimum atomic E-state index is -1.02. The van der Waals surface area contributed by atoms with E-state index in [-0.39, 0.29) is 12.1 Å². The fourth-order valence-corrected chi connectivity index (χ4v) is 1.52. The SMILES string of the molecule is CCOC(=O)C(C)(C)Oc1cccc(OC(C)C)c1. The van der Waals surface area contributed by atoms with Crippen LogP contribution in [0.5, 0.6) is 11.5 Å². The first-order valence-electron chi connectivity index (χ1n) is 6.48. The van der Waals surface area contributed by atoms with E-state index in [9.17, 15) is 4.79 Å². The Morgan fingerprint density at radius 2 is 1.89 bits per heavy atom. The second-order valence-corrected chi connectivity index (χ2v) is 4.97. The molecule has 4 nitrogen and oxygen atoms in total. The molecular formula is C15H22O4. The Hall–Kier alpha value is -1.71. The Morgan fingerprint density at radius 3 is 2.47 bits per heavy atom. The molecule has 19 heavy (non-hydrogen) atoms. The highest BCUT2D eigenvalue weighted by Crippen LogP contribution is 2.24. The zero-order valence-corrected chi connectivity index (χ0v) is 12.2. The summed E-state index contributed by atoms with van der Waals surface area (Å²) >= 11 is 0. The molecule has 0 atom stereocenters. The molecule has 1 rings (SSSR count). The zero-order chi connectivity index (χ0) is 14.5. The fourth-order valence-electron chi connectivity index (χ4n) is 1.52. The Bertz CT molecular complexity index is 424. The van der Waals surface area contributed by atoms with Gasteiger partial charge >= 0.3 is 5.97 Å². The standard InChI is InChI=1S/C15H22O4/c1-6-17-14(16)15(4,5)19-13-9-7-8-12(10-13)18-11(2)3/h7-11H,6H2,1-5H3. The molecule has 0 radical (unpaired) electrons. The van der Waals surface area contributed by atoms with E-state index in [1.165, 1.54) is 0 Å². The highest BCUT2D eigenvalue weighted by atomic mass is 16.6. The van der Waals surface area contributed by atoms with Crippen molar-refractivity contribution >= 4 is 5.97 Å². The van der Waals surface area contributed by atoms with Gasteiger partial charge in [-0.15, -0.1) is 0 Å². The quantitative estimate of drug-likeness (QED) is 0.742. The first kappa shape index (κ1) is 15.3. The third-order valence-corrected chi connectivity index (χ3v) is 2.32. The van der Waals surface area contributed by atoms with Crippen molar-refractivity contribution in [3.05, 3.63) is 24.3 Å². The smallest absolute Gasteiger partial charge is 0.349 e. The van der Waals surface area contributed by atoms with Crippen LogP contribution in [0.15, 0.2) is 24.3 Å². The van der Waals surface area contributed by atoms with Crippen molar-refractivity contribution in [1.82, 2.24) is 0 Å². The predicted octanol–water partition coefficient (Wildman–Crippen LogP) is 3.19. The second-order valence-electron chi connectivity index (χ2n) is 4.97. The number of benzene rings is 1. The van der Waals surface area contributed by atoms with Crippen molar-refractivity contribution in [3.8, 4) is 11.5 Å². The lowest BCUT2D eigenvalue weighted by atomic mass is 10.1. The minimum absolute atomic E-state index is 0.0910. The number of carbonyl (C=O) groups is 1. The molecule has 1 aromatic rings. The Kier molecular flexibility index (Phi) is 5.21. The molecule has 0 aliphatic carbocycles. The van der Waals surface area contributed by atoms with Crippen LogP contribution in [0.4, 0.5) is 0 Å². The highest BCUT2D eigenvalue weighted by molar-refractivity contribution is 5.79. The number of hydrogen-bond acceptors (Lipinski definition) is 4. The summed E-state index contributed by atoms with van der Waals surface area (Å²) in [7, 11) is 0. The number of rotatable bonds is 6. The van der Waals surface area contributed by atoms with Crippen LogP contribution in [0.2, 0.25) is 0 Å². The monoisotopic (exact) mass is 266 g/mol. The first-order chi connectivity index (χ1) is 8.85. The average molecular weight is 266 g/mol. The van der Waals surface area contributed by atoms with Gasteiger partial charge in [0, 0.05) is 6.07 Å². The average Bonchev–Trinajstić information content (AvgIpc) is 2.28. The molecule has 1 aromatic carbocycles. The lowest BCUT2D eigenvalue weighted by molar-refractivity contribution is -0.158. The van der Waals surface area contributed by atoms with Crippen molar-refractivity contribution in [3.63, 3.8) is 0 Å². The van der Waals surface area contributed by atoms with Gasteiger partial charge in [0.1, 0.15) is 11.5 Å². The summed E-state index contributed by atoms with van der Waals surface area (Å²) < 4.78 is 16.2. The number of hydrogen-bond donors (Lipinski definition) is 0. The van der Waals surface area contributed by atoms with Gasteiger partial charge in [-0.25, -0.2) is 4.79 Å². The molecule has 0 aliphatic rings. The van der Waals surface area contributed by atoms with Crippen molar-refractivity contribution in [2.24, 2.45) is 0 Å². The minimum Gasteiger partial charge on any atom is -0.491 e. The van der Waals surface area contributed by atoms with Gasteiger partial charge in [0.15, 0.2) is 5.60 Å². The van der Waals surface area contributed by atoms with Gasteiger partial charge in [0.2, 0.25) is 0 Å². The van der Waals surface area contributed by atoms with Gasteiger partial charge in [-0.3, -0.25) is 0 Å². The van der Waals surface area contributed by atoms with Crippen LogP contribution in [-0.4, -0.2) is 24.3 Å². The molecule has 0 heterocycles. The van der Waals surface area contributed by atoms with Crippen LogP contribution in [0.25, 0.3) is 0 Å². The summed E-state index contributed by atoms with van der Waals surface area (Å²) in [6.07, 6.45) is 0.0910. The van der Waals surface area contributed by atoms with E-state index >= 15 is 0 Å². The topological polar surface area (TPSA) is 44.8 Å². The van der Waals surface area contributed by atoms with Gasteiger partial charge in [-0.2, -0.15) is 0 Å². The maximum Gasteiger partial charge on any atom is 0.349 e. The van der Waals surface area contributed by atoms with Crippen molar-refractivity contribution in [2.45, 2.75) is 46.3 Å². The van der Waals surface area contributed by atoms with Crippen LogP contribution in [-0.2, 0) is 9.53 Å². The van der Waals surface area contributed by atoms with Gasteiger partial charge in [-0.1, -0.05) is 6.07 Å². The Balaban J connectivity index is 2.78. The first-order valence-corrected chi connectivity index (χ1v) is 6.48. The maximum absolute atomic E-state index is 11.8. The molecule has 0 spiro atoms. The summed E-state index contributed by atoms with van der Waals surface area (Å²) in [4.78, 5) is 11.8. The lowest BCUT2D eigenvalue weighted by Crippen LogP contribution is -2.39. The zero-order valence-electron chi connectivity index (χ0n) is 12.2. The largest absolute Gasteiger partial charge is 0.491 e. The summed E-state index contributed by atoms with van der Waals surface area (Å²) in [5.41, 5.74) is -1.02. The molecule has 0 aromatic heterocycles. The molecule has 106 valence electrons. The fraction of sp³-hybridized carbons (Fsp3) is 0.533. The van der Waals surface area contributed by atoms with Crippen molar-refractivity contribution in [1.29, 1.82) is 0 Å². The summed E-state index contributed by atoms with van der Waals surface area (Å²) in [5.74, 6) is 0.911. The van der Waals surface area contributed by atoms with Crippen molar-refractivity contribution < 1.29 is 19.0 Å². The van der Waals surface area contributed by atoms with Crippen LogP contribution in [0.3, 0.4) is 0 Å². The molecule has 0 bridgehead atoms. The predicted molar refractivity (Wildman–Crippen MR) is 73.5 cm³/mol. The van der Waals surface area contributed by atoms with E-state index in [2.05, 4.69) is 0 Å². The van der Waals surface area contributed by atoms with E-state index < -0.39 is 5.60 Å². The molecule has 0 amide bonds. The van der Waals surface area contributed by atoms with E-state index in [1.807, 2.05) is 26.0 Å². The van der Waals surface area contributed by atoms with Gasteiger partial charge in [0.05, 0.1) is 12.7 Å². The number of carbonyl (C=O) groups excluding carboxylic acids is 1. The third-order valence-electron chi connectivity index (χ3n) is 2.32. The van der Waals surface area contributed by atoms with Crippen LogP contribution < -0.4 is 9.47 Å². The van der Waals surface area contributed by atoms with Crippen LogP contribution >= 0.6 is 0 Å². The highest BCUT2D eigenvalue weighted by Gasteiger charge is 2.31.